The molecule has 0 aromatic carbocycles. The number of nitrogens with one attached hydrogen (secondary N) is 2. The lowest BCUT2D eigenvalue weighted by molar-refractivity contribution is 0.327. The summed E-state index contributed by atoms with van der Waals surface area (Å²) in [6.07, 6.45) is 5.70. The molecule has 0 saturated heterocycles. The fourth-order valence-corrected chi connectivity index (χ4v) is 4.15. The maximum atomic E-state index is 12.5. The fraction of sp³-hybridized carbons (Fsp3) is 0.643. The van der Waals surface area contributed by atoms with Gasteiger partial charge in [0.25, 0.3) is 0 Å². The smallest absolute Gasteiger partial charge is 0.244 e. The first-order valence-electron chi connectivity index (χ1n) is 7.24. The van der Waals surface area contributed by atoms with E-state index in [-0.39, 0.29) is 10.9 Å². The maximum absolute atomic E-state index is 12.5. The van der Waals surface area contributed by atoms with Crippen molar-refractivity contribution in [3.8, 4) is 0 Å². The molecule has 1 aromatic rings. The lowest BCUT2D eigenvalue weighted by Gasteiger charge is -2.27. The van der Waals surface area contributed by atoms with Gasteiger partial charge in [-0.25, -0.2) is 18.1 Å². The Balaban J connectivity index is 2.17. The largest absolute Gasteiger partial charge is 0.369 e. The molecule has 1 fully saturated rings. The Hall–Kier alpha value is -1.14. The number of anilines is 1. The van der Waals surface area contributed by atoms with Crippen LogP contribution >= 0.6 is 0 Å². The maximum Gasteiger partial charge on any atom is 0.244 e. The molecule has 1 aromatic heterocycles. The van der Waals surface area contributed by atoms with Crippen LogP contribution in [0, 0.1) is 5.92 Å². The Morgan fingerprint density at radius 2 is 2.20 bits per heavy atom. The van der Waals surface area contributed by atoms with E-state index in [1.54, 1.807) is 18.3 Å². The van der Waals surface area contributed by atoms with Gasteiger partial charge in [-0.1, -0.05) is 19.8 Å². The summed E-state index contributed by atoms with van der Waals surface area (Å²) in [7, 11) is -3.51. The van der Waals surface area contributed by atoms with Gasteiger partial charge in [0.2, 0.25) is 10.0 Å². The van der Waals surface area contributed by atoms with Crippen molar-refractivity contribution in [2.24, 2.45) is 5.92 Å². The molecule has 0 spiro atoms. The van der Waals surface area contributed by atoms with Gasteiger partial charge in [0.15, 0.2) is 0 Å². The summed E-state index contributed by atoms with van der Waals surface area (Å²) in [6.45, 7) is 4.73. The summed E-state index contributed by atoms with van der Waals surface area (Å²) in [5.41, 5.74) is 0. The second-order valence-corrected chi connectivity index (χ2v) is 7.15. The van der Waals surface area contributed by atoms with E-state index in [0.29, 0.717) is 18.3 Å². The van der Waals surface area contributed by atoms with Crippen LogP contribution in [0.3, 0.4) is 0 Å². The highest BCUT2D eigenvalue weighted by atomic mass is 32.2. The van der Waals surface area contributed by atoms with Gasteiger partial charge >= 0.3 is 0 Å². The first-order chi connectivity index (χ1) is 9.53. The van der Waals surface area contributed by atoms with Crippen LogP contribution in [-0.4, -0.2) is 26.0 Å². The van der Waals surface area contributed by atoms with Crippen molar-refractivity contribution in [3.63, 3.8) is 0 Å². The zero-order chi connectivity index (χ0) is 14.6. The molecular weight excluding hydrogens is 274 g/mol. The number of aromatic nitrogens is 1. The summed E-state index contributed by atoms with van der Waals surface area (Å²) in [5.74, 6) is 1.00. The van der Waals surface area contributed by atoms with Gasteiger partial charge in [0.05, 0.1) is 0 Å². The average Bonchev–Trinajstić information content (AvgIpc) is 2.39. The van der Waals surface area contributed by atoms with Gasteiger partial charge in [0, 0.05) is 18.8 Å². The van der Waals surface area contributed by atoms with E-state index >= 15 is 0 Å². The first-order valence-corrected chi connectivity index (χ1v) is 8.72. The van der Waals surface area contributed by atoms with Crippen LogP contribution in [0.5, 0.6) is 0 Å². The minimum absolute atomic E-state index is 0.0402. The molecule has 20 heavy (non-hydrogen) atoms. The van der Waals surface area contributed by atoms with Gasteiger partial charge in [-0.3, -0.25) is 0 Å². The molecule has 1 aliphatic rings. The summed E-state index contributed by atoms with van der Waals surface area (Å²) in [6, 6.07) is 3.29. The van der Waals surface area contributed by atoms with E-state index in [0.717, 1.165) is 19.3 Å². The minimum Gasteiger partial charge on any atom is -0.369 e. The van der Waals surface area contributed by atoms with E-state index in [1.165, 1.54) is 6.42 Å². The molecule has 2 rings (SSSR count). The molecule has 5 nitrogen and oxygen atoms in total. The van der Waals surface area contributed by atoms with Crippen molar-refractivity contribution in [1.82, 2.24) is 9.71 Å². The van der Waals surface area contributed by atoms with Crippen LogP contribution in [0.2, 0.25) is 0 Å². The highest BCUT2D eigenvalue weighted by Crippen LogP contribution is 2.26. The highest BCUT2D eigenvalue weighted by Gasteiger charge is 2.26. The van der Waals surface area contributed by atoms with Crippen LogP contribution in [0.4, 0.5) is 5.82 Å². The third-order valence-corrected chi connectivity index (χ3v) is 5.21. The van der Waals surface area contributed by atoms with Crippen molar-refractivity contribution >= 4 is 15.8 Å². The minimum atomic E-state index is -3.51. The van der Waals surface area contributed by atoms with Crippen molar-refractivity contribution in [2.45, 2.75) is 50.5 Å². The predicted octanol–water partition coefficient (Wildman–Crippen LogP) is 2.37. The van der Waals surface area contributed by atoms with Crippen LogP contribution in [-0.2, 0) is 10.0 Å². The van der Waals surface area contributed by atoms with E-state index in [4.69, 9.17) is 0 Å². The molecule has 6 heteroatoms. The Morgan fingerprint density at radius 1 is 1.40 bits per heavy atom. The number of sulfonamides is 1. The van der Waals surface area contributed by atoms with Gasteiger partial charge in [-0.05, 0) is 37.8 Å². The molecule has 1 aliphatic carbocycles. The van der Waals surface area contributed by atoms with Gasteiger partial charge < -0.3 is 5.32 Å². The van der Waals surface area contributed by atoms with Crippen molar-refractivity contribution < 1.29 is 8.42 Å². The third kappa shape index (κ3) is 3.70. The predicted molar refractivity (Wildman–Crippen MR) is 80.1 cm³/mol. The fourth-order valence-electron chi connectivity index (χ4n) is 2.73. The first kappa shape index (κ1) is 15.3. The Labute approximate surface area is 121 Å². The monoisotopic (exact) mass is 297 g/mol. The lowest BCUT2D eigenvalue weighted by atomic mass is 9.88. The Bertz CT molecular complexity index is 545. The Kier molecular flexibility index (Phi) is 4.99. The average molecular weight is 297 g/mol. The van der Waals surface area contributed by atoms with E-state index in [2.05, 4.69) is 21.9 Å². The second-order valence-electron chi connectivity index (χ2n) is 5.47. The lowest BCUT2D eigenvalue weighted by Crippen LogP contribution is -2.38. The van der Waals surface area contributed by atoms with Crippen molar-refractivity contribution in [3.05, 3.63) is 18.3 Å². The van der Waals surface area contributed by atoms with Crippen LogP contribution < -0.4 is 10.0 Å². The molecular formula is C14H23N3O2S. The molecule has 2 atom stereocenters. The number of hydrogen-bond acceptors (Lipinski definition) is 4. The van der Waals surface area contributed by atoms with E-state index in [1.807, 2.05) is 6.92 Å². The third-order valence-electron chi connectivity index (χ3n) is 3.66. The normalized spacial score (nSPS) is 23.5. The zero-order valence-corrected chi connectivity index (χ0v) is 12.9. The van der Waals surface area contributed by atoms with Crippen LogP contribution in [0.15, 0.2) is 23.2 Å². The summed E-state index contributed by atoms with van der Waals surface area (Å²) in [5, 5.41) is 3.00. The standard InChI is InChI=1S/C14H23N3O2S/c1-3-15-14-13(8-5-9-16-14)20(18,19)17-12-7-4-6-11(2)10-12/h5,8-9,11-12,17H,3-4,6-7,10H2,1-2H3,(H,15,16). The van der Waals surface area contributed by atoms with Gasteiger partial charge in [-0.2, -0.15) is 0 Å². The molecule has 1 saturated carbocycles. The highest BCUT2D eigenvalue weighted by molar-refractivity contribution is 7.89. The summed E-state index contributed by atoms with van der Waals surface area (Å²) in [4.78, 5) is 4.35. The van der Waals surface area contributed by atoms with E-state index < -0.39 is 10.0 Å². The molecule has 0 aliphatic heterocycles. The van der Waals surface area contributed by atoms with Crippen LogP contribution in [0.1, 0.15) is 39.5 Å². The van der Waals surface area contributed by atoms with Gasteiger partial charge in [-0.15, -0.1) is 0 Å². The SMILES string of the molecule is CCNc1ncccc1S(=O)(=O)NC1CCCC(C)C1. The topological polar surface area (TPSA) is 71.1 Å². The van der Waals surface area contributed by atoms with E-state index in [9.17, 15) is 8.42 Å². The molecule has 112 valence electrons. The summed E-state index contributed by atoms with van der Waals surface area (Å²) >= 11 is 0. The molecule has 2 N–H and O–H groups in total. The van der Waals surface area contributed by atoms with Crippen molar-refractivity contribution in [1.29, 1.82) is 0 Å². The van der Waals surface area contributed by atoms with Gasteiger partial charge in [0.1, 0.15) is 10.7 Å². The Morgan fingerprint density at radius 3 is 2.90 bits per heavy atom. The summed E-state index contributed by atoms with van der Waals surface area (Å²) < 4.78 is 27.9. The molecule has 2 unspecified atom stereocenters. The number of hydrogen-bond donors (Lipinski definition) is 2. The zero-order valence-electron chi connectivity index (χ0n) is 12.1. The molecule has 0 radical (unpaired) electrons. The second kappa shape index (κ2) is 6.54. The number of rotatable bonds is 5. The molecule has 0 amide bonds. The molecule has 1 heterocycles. The quantitative estimate of drug-likeness (QED) is 0.875. The van der Waals surface area contributed by atoms with Crippen LogP contribution in [0.25, 0.3) is 0 Å². The molecule has 0 bridgehead atoms. The number of pyridine rings is 1. The van der Waals surface area contributed by atoms with Crippen molar-refractivity contribution in [2.75, 3.05) is 11.9 Å². The number of nitrogens with zero attached hydrogens (tertiary/aromatic N) is 1.